The second-order valence-electron chi connectivity index (χ2n) is 8.05. The van der Waals surface area contributed by atoms with Crippen LogP contribution in [0.15, 0.2) is 24.3 Å². The zero-order valence-electron chi connectivity index (χ0n) is 16.5. The van der Waals surface area contributed by atoms with Gasteiger partial charge in [-0.25, -0.2) is 4.39 Å². The largest absolute Gasteiger partial charge is 0.377 e. The van der Waals surface area contributed by atoms with E-state index in [9.17, 15) is 9.18 Å². The van der Waals surface area contributed by atoms with Gasteiger partial charge in [0.05, 0.1) is 18.7 Å². The predicted octanol–water partition coefficient (Wildman–Crippen LogP) is 2.44. The van der Waals surface area contributed by atoms with Crippen LogP contribution in [0.1, 0.15) is 38.3 Å². The topological polar surface area (TPSA) is 44.8 Å². The van der Waals surface area contributed by atoms with Gasteiger partial charge in [-0.05, 0) is 36.5 Å². The Bertz CT molecular complexity index is 594. The van der Waals surface area contributed by atoms with Gasteiger partial charge < -0.3 is 10.1 Å². The highest BCUT2D eigenvalue weighted by atomic mass is 19.1. The van der Waals surface area contributed by atoms with Crippen LogP contribution >= 0.6 is 0 Å². The molecule has 2 fully saturated rings. The molecule has 0 aromatic heterocycles. The third-order valence-electron chi connectivity index (χ3n) is 5.53. The van der Waals surface area contributed by atoms with Crippen LogP contribution in [0.5, 0.6) is 0 Å². The van der Waals surface area contributed by atoms with Crippen LogP contribution in [0, 0.1) is 11.7 Å². The molecule has 1 N–H and O–H groups in total. The first-order valence-corrected chi connectivity index (χ1v) is 10.1. The van der Waals surface area contributed by atoms with Crippen molar-refractivity contribution in [3.8, 4) is 0 Å². The number of piperazine rings is 1. The predicted molar refractivity (Wildman–Crippen MR) is 104 cm³/mol. The van der Waals surface area contributed by atoms with Crippen LogP contribution < -0.4 is 5.32 Å². The second kappa shape index (κ2) is 9.62. The number of carbonyl (C=O) groups excluding carboxylic acids is 1. The summed E-state index contributed by atoms with van der Waals surface area (Å²) >= 11 is 0. The van der Waals surface area contributed by atoms with Gasteiger partial charge in [-0.1, -0.05) is 26.0 Å². The van der Waals surface area contributed by atoms with E-state index in [1.807, 2.05) is 0 Å². The molecule has 2 atom stereocenters. The lowest BCUT2D eigenvalue weighted by atomic mass is 9.96. The molecule has 150 valence electrons. The highest BCUT2D eigenvalue weighted by Gasteiger charge is 2.25. The number of nitrogens with zero attached hydrogens (tertiary/aromatic N) is 2. The second-order valence-corrected chi connectivity index (χ2v) is 8.05. The third kappa shape index (κ3) is 5.99. The minimum atomic E-state index is -0.256. The number of amides is 1. The van der Waals surface area contributed by atoms with Gasteiger partial charge in [0.1, 0.15) is 5.82 Å². The maximum Gasteiger partial charge on any atom is 0.234 e. The van der Waals surface area contributed by atoms with Crippen molar-refractivity contribution in [2.45, 2.75) is 38.8 Å². The number of carbonyl (C=O) groups is 1. The molecular formula is C21H32FN3O2. The van der Waals surface area contributed by atoms with E-state index in [1.54, 1.807) is 12.1 Å². The van der Waals surface area contributed by atoms with E-state index in [0.717, 1.165) is 44.9 Å². The lowest BCUT2D eigenvalue weighted by Crippen LogP contribution is -2.51. The summed E-state index contributed by atoms with van der Waals surface area (Å²) in [7, 11) is 0. The average molecular weight is 378 g/mol. The van der Waals surface area contributed by atoms with Crippen LogP contribution in [0.3, 0.4) is 0 Å². The van der Waals surface area contributed by atoms with Crippen molar-refractivity contribution < 1.29 is 13.9 Å². The fourth-order valence-corrected chi connectivity index (χ4v) is 3.93. The number of ether oxygens (including phenoxy) is 1. The Hall–Kier alpha value is -1.50. The van der Waals surface area contributed by atoms with E-state index in [1.165, 1.54) is 25.0 Å². The molecule has 2 saturated heterocycles. The van der Waals surface area contributed by atoms with Gasteiger partial charge in [-0.3, -0.25) is 14.6 Å². The first-order chi connectivity index (χ1) is 13.0. The molecule has 0 radical (unpaired) electrons. The summed E-state index contributed by atoms with van der Waals surface area (Å²) in [5.74, 6) is 0.0155. The molecule has 0 saturated carbocycles. The van der Waals surface area contributed by atoms with Gasteiger partial charge in [-0.15, -0.1) is 0 Å². The fourth-order valence-electron chi connectivity index (χ4n) is 3.93. The highest BCUT2D eigenvalue weighted by molar-refractivity contribution is 5.78. The van der Waals surface area contributed by atoms with E-state index < -0.39 is 0 Å². The molecule has 1 aromatic rings. The van der Waals surface area contributed by atoms with Crippen molar-refractivity contribution in [2.24, 2.45) is 5.92 Å². The number of hydrogen-bond donors (Lipinski definition) is 1. The van der Waals surface area contributed by atoms with E-state index in [-0.39, 0.29) is 23.7 Å². The van der Waals surface area contributed by atoms with E-state index in [0.29, 0.717) is 12.6 Å². The zero-order valence-corrected chi connectivity index (χ0v) is 16.5. The summed E-state index contributed by atoms with van der Waals surface area (Å²) in [5.41, 5.74) is 0.945. The quantitative estimate of drug-likeness (QED) is 0.793. The first kappa shape index (κ1) is 20.2. The standard InChI is InChI=1S/C21H32FN3O2/c1-16(2)21(17-5-7-18(22)8-6-17)23-20(26)15-25-11-9-24(10-12-25)14-19-4-3-13-27-19/h5-8,16,19,21H,3-4,9-15H2,1-2H3,(H,23,26). The van der Waals surface area contributed by atoms with Crippen LogP contribution in [0.4, 0.5) is 4.39 Å². The molecule has 2 heterocycles. The van der Waals surface area contributed by atoms with Crippen molar-refractivity contribution in [3.05, 3.63) is 35.6 Å². The van der Waals surface area contributed by atoms with Gasteiger partial charge in [0.2, 0.25) is 5.91 Å². The SMILES string of the molecule is CC(C)C(NC(=O)CN1CCN(CC2CCCO2)CC1)c1ccc(F)cc1. The van der Waals surface area contributed by atoms with E-state index in [2.05, 4.69) is 29.0 Å². The third-order valence-corrected chi connectivity index (χ3v) is 5.53. The molecule has 2 aliphatic rings. The van der Waals surface area contributed by atoms with Crippen molar-refractivity contribution in [1.29, 1.82) is 0 Å². The maximum absolute atomic E-state index is 13.2. The van der Waals surface area contributed by atoms with Crippen molar-refractivity contribution in [1.82, 2.24) is 15.1 Å². The molecular weight excluding hydrogens is 345 g/mol. The van der Waals surface area contributed by atoms with Gasteiger partial charge >= 0.3 is 0 Å². The molecule has 1 aromatic carbocycles. The number of halogens is 1. The summed E-state index contributed by atoms with van der Waals surface area (Å²) in [6, 6.07) is 6.31. The van der Waals surface area contributed by atoms with Gasteiger partial charge in [0.25, 0.3) is 0 Å². The first-order valence-electron chi connectivity index (χ1n) is 10.1. The zero-order chi connectivity index (χ0) is 19.2. The Morgan fingerprint density at radius 3 is 2.44 bits per heavy atom. The van der Waals surface area contributed by atoms with Crippen molar-refractivity contribution >= 4 is 5.91 Å². The van der Waals surface area contributed by atoms with Crippen LogP contribution in [-0.2, 0) is 9.53 Å². The molecule has 2 aliphatic heterocycles. The number of nitrogens with one attached hydrogen (secondary N) is 1. The minimum absolute atomic E-state index is 0.0330. The molecule has 0 bridgehead atoms. The van der Waals surface area contributed by atoms with Crippen molar-refractivity contribution in [3.63, 3.8) is 0 Å². The van der Waals surface area contributed by atoms with Gasteiger partial charge in [0.15, 0.2) is 0 Å². The van der Waals surface area contributed by atoms with Crippen LogP contribution in [0.25, 0.3) is 0 Å². The fraction of sp³-hybridized carbons (Fsp3) is 0.667. The average Bonchev–Trinajstić information content (AvgIpc) is 3.15. The number of hydrogen-bond acceptors (Lipinski definition) is 4. The molecule has 2 unspecified atom stereocenters. The van der Waals surface area contributed by atoms with Gasteiger partial charge in [0, 0.05) is 39.3 Å². The monoisotopic (exact) mass is 377 g/mol. The summed E-state index contributed by atoms with van der Waals surface area (Å²) in [4.78, 5) is 17.2. The molecule has 6 heteroatoms. The van der Waals surface area contributed by atoms with Crippen LogP contribution in [0.2, 0.25) is 0 Å². The number of benzene rings is 1. The molecule has 27 heavy (non-hydrogen) atoms. The van der Waals surface area contributed by atoms with Gasteiger partial charge in [-0.2, -0.15) is 0 Å². The normalized spacial score (nSPS) is 22.9. The summed E-state index contributed by atoms with van der Waals surface area (Å²) in [6.07, 6.45) is 2.74. The molecule has 0 aliphatic carbocycles. The Labute approximate surface area is 161 Å². The molecule has 1 amide bonds. The minimum Gasteiger partial charge on any atom is -0.377 e. The summed E-state index contributed by atoms with van der Waals surface area (Å²) in [6.45, 7) is 10.2. The van der Waals surface area contributed by atoms with E-state index >= 15 is 0 Å². The lowest BCUT2D eigenvalue weighted by Gasteiger charge is -2.35. The molecule has 5 nitrogen and oxygen atoms in total. The van der Waals surface area contributed by atoms with Crippen LogP contribution in [-0.4, -0.2) is 67.7 Å². The Morgan fingerprint density at radius 1 is 1.19 bits per heavy atom. The Kier molecular flexibility index (Phi) is 7.21. The molecule has 0 spiro atoms. The Balaban J connectivity index is 1.44. The number of rotatable bonds is 7. The Morgan fingerprint density at radius 2 is 1.85 bits per heavy atom. The lowest BCUT2D eigenvalue weighted by molar-refractivity contribution is -0.123. The summed E-state index contributed by atoms with van der Waals surface area (Å²) < 4.78 is 18.9. The summed E-state index contributed by atoms with van der Waals surface area (Å²) in [5, 5.41) is 3.13. The molecule has 3 rings (SSSR count). The van der Waals surface area contributed by atoms with E-state index in [4.69, 9.17) is 4.74 Å². The highest BCUT2D eigenvalue weighted by Crippen LogP contribution is 2.22. The smallest absolute Gasteiger partial charge is 0.234 e. The maximum atomic E-state index is 13.2. The van der Waals surface area contributed by atoms with Crippen molar-refractivity contribution in [2.75, 3.05) is 45.9 Å².